The second-order valence-electron chi connectivity index (χ2n) is 6.23. The second kappa shape index (κ2) is 5.05. The largest absolute Gasteiger partial charge is 0.479 e. The Bertz CT molecular complexity index is 628. The molecule has 2 fully saturated rings. The third-order valence-electron chi connectivity index (χ3n) is 4.79. The van der Waals surface area contributed by atoms with Crippen LogP contribution in [0.1, 0.15) is 11.1 Å². The maximum atomic E-state index is 14.9. The van der Waals surface area contributed by atoms with Crippen LogP contribution in [0.2, 0.25) is 0 Å². The highest BCUT2D eigenvalue weighted by molar-refractivity contribution is 5.85. The van der Waals surface area contributed by atoms with Crippen LogP contribution in [0.25, 0.3) is 0 Å². The van der Waals surface area contributed by atoms with E-state index in [9.17, 15) is 19.1 Å². The number of aliphatic carboxylic acids is 1. The van der Waals surface area contributed by atoms with Crippen molar-refractivity contribution in [2.45, 2.75) is 19.0 Å². The number of halogens is 1. The number of hydrogen-bond acceptors (Lipinski definition) is 3. The zero-order valence-corrected chi connectivity index (χ0v) is 12.3. The molecule has 3 rings (SSSR count). The van der Waals surface area contributed by atoms with Gasteiger partial charge in [0.05, 0.1) is 31.6 Å². The molecule has 1 atom stereocenters. The molecular weight excluding hydrogens is 289 g/mol. The van der Waals surface area contributed by atoms with E-state index >= 15 is 0 Å². The topological polar surface area (TPSA) is 66.8 Å². The molecule has 2 aliphatic rings. The van der Waals surface area contributed by atoms with Gasteiger partial charge >= 0.3 is 5.97 Å². The maximum Gasteiger partial charge on any atom is 0.344 e. The summed E-state index contributed by atoms with van der Waals surface area (Å²) in [6, 6.07) is 7.49. The first-order valence-electron chi connectivity index (χ1n) is 7.20. The Morgan fingerprint density at radius 2 is 2.00 bits per heavy atom. The minimum Gasteiger partial charge on any atom is -0.479 e. The minimum atomic E-state index is -2.42. The Labute approximate surface area is 127 Å². The molecule has 0 radical (unpaired) electrons. The number of carbonyl (C=O) groups excluding carboxylic acids is 1. The summed E-state index contributed by atoms with van der Waals surface area (Å²) in [6.45, 7) is 1.69. The first kappa shape index (κ1) is 15.0. The van der Waals surface area contributed by atoms with E-state index in [0.717, 1.165) is 11.1 Å². The fraction of sp³-hybridized carbons (Fsp3) is 0.500. The number of carboxylic acids is 1. The van der Waals surface area contributed by atoms with E-state index in [0.29, 0.717) is 0 Å². The number of benzene rings is 1. The van der Waals surface area contributed by atoms with Crippen LogP contribution in [0.5, 0.6) is 0 Å². The van der Waals surface area contributed by atoms with Crippen LogP contribution in [0.3, 0.4) is 0 Å². The number of hydrogen-bond donors (Lipinski definition) is 1. The number of alkyl halides is 1. The SMILES string of the molecule is Cc1ccccc1CC(=O)N1CC2(COC2)[C@](F)(C(=O)O)C1. The number of amides is 1. The average Bonchev–Trinajstić information content (AvgIpc) is 2.77. The van der Waals surface area contributed by atoms with Gasteiger partial charge in [0, 0.05) is 6.54 Å². The van der Waals surface area contributed by atoms with E-state index in [-0.39, 0.29) is 32.1 Å². The van der Waals surface area contributed by atoms with Crippen LogP contribution in [0.15, 0.2) is 24.3 Å². The summed E-state index contributed by atoms with van der Waals surface area (Å²) in [5.74, 6) is -1.76. The molecule has 22 heavy (non-hydrogen) atoms. The van der Waals surface area contributed by atoms with E-state index < -0.39 is 23.6 Å². The highest BCUT2D eigenvalue weighted by atomic mass is 19.1. The number of nitrogens with zero attached hydrogens (tertiary/aromatic N) is 1. The molecular formula is C16H18FNO4. The summed E-state index contributed by atoms with van der Waals surface area (Å²) in [4.78, 5) is 25.1. The van der Waals surface area contributed by atoms with Gasteiger partial charge in [-0.25, -0.2) is 9.18 Å². The van der Waals surface area contributed by atoms with Gasteiger partial charge in [0.15, 0.2) is 0 Å². The smallest absolute Gasteiger partial charge is 0.344 e. The lowest BCUT2D eigenvalue weighted by Crippen LogP contribution is -2.60. The van der Waals surface area contributed by atoms with Crippen LogP contribution in [-0.4, -0.2) is 53.9 Å². The van der Waals surface area contributed by atoms with Gasteiger partial charge in [-0.3, -0.25) is 4.79 Å². The predicted octanol–water partition coefficient (Wildman–Crippen LogP) is 1.19. The van der Waals surface area contributed by atoms with Crippen molar-refractivity contribution in [3.05, 3.63) is 35.4 Å². The molecule has 0 unspecified atom stereocenters. The van der Waals surface area contributed by atoms with Gasteiger partial charge in [-0.1, -0.05) is 24.3 Å². The molecule has 2 saturated heterocycles. The van der Waals surface area contributed by atoms with Gasteiger partial charge in [-0.15, -0.1) is 0 Å². The fourth-order valence-corrected chi connectivity index (χ4v) is 3.20. The monoisotopic (exact) mass is 307 g/mol. The predicted molar refractivity (Wildman–Crippen MR) is 76.2 cm³/mol. The Kier molecular flexibility index (Phi) is 3.44. The van der Waals surface area contributed by atoms with Gasteiger partial charge < -0.3 is 14.7 Å². The third-order valence-corrected chi connectivity index (χ3v) is 4.79. The highest BCUT2D eigenvalue weighted by Gasteiger charge is 2.68. The number of likely N-dealkylation sites (tertiary alicyclic amines) is 1. The van der Waals surface area contributed by atoms with Gasteiger partial charge in [0.2, 0.25) is 11.6 Å². The molecule has 1 spiro atoms. The molecule has 0 aliphatic carbocycles. The van der Waals surface area contributed by atoms with Crippen molar-refractivity contribution in [3.8, 4) is 0 Å². The van der Waals surface area contributed by atoms with Gasteiger partial charge in [-0.05, 0) is 18.1 Å². The molecule has 2 aliphatic heterocycles. The number of carbonyl (C=O) groups is 2. The van der Waals surface area contributed by atoms with Crippen molar-refractivity contribution in [1.82, 2.24) is 4.90 Å². The molecule has 118 valence electrons. The van der Waals surface area contributed by atoms with Crippen LogP contribution in [0, 0.1) is 12.3 Å². The van der Waals surface area contributed by atoms with Crippen molar-refractivity contribution in [1.29, 1.82) is 0 Å². The molecule has 1 amide bonds. The molecule has 1 aromatic carbocycles. The highest BCUT2D eigenvalue weighted by Crippen LogP contribution is 2.48. The summed E-state index contributed by atoms with van der Waals surface area (Å²) < 4.78 is 19.9. The summed E-state index contributed by atoms with van der Waals surface area (Å²) >= 11 is 0. The summed E-state index contributed by atoms with van der Waals surface area (Å²) in [6.07, 6.45) is 0.152. The Morgan fingerprint density at radius 1 is 1.32 bits per heavy atom. The molecule has 0 saturated carbocycles. The van der Waals surface area contributed by atoms with Crippen molar-refractivity contribution >= 4 is 11.9 Å². The molecule has 1 aromatic rings. The molecule has 1 N–H and O–H groups in total. The van der Waals surface area contributed by atoms with Crippen LogP contribution >= 0.6 is 0 Å². The summed E-state index contributed by atoms with van der Waals surface area (Å²) in [5.41, 5.74) is -1.66. The Morgan fingerprint density at radius 3 is 2.50 bits per heavy atom. The van der Waals surface area contributed by atoms with E-state index in [2.05, 4.69) is 0 Å². The van der Waals surface area contributed by atoms with Crippen LogP contribution in [-0.2, 0) is 20.7 Å². The van der Waals surface area contributed by atoms with E-state index in [1.54, 1.807) is 0 Å². The van der Waals surface area contributed by atoms with E-state index in [1.165, 1.54) is 4.90 Å². The average molecular weight is 307 g/mol. The standard InChI is InChI=1S/C16H18FNO4/c1-11-4-2-3-5-12(11)6-13(19)18-7-15(9-22-10-15)16(17,8-18)14(20)21/h2-5H,6-10H2,1H3,(H,20,21)/t16-/m1/s1. The van der Waals surface area contributed by atoms with Crippen molar-refractivity contribution in [3.63, 3.8) is 0 Å². The van der Waals surface area contributed by atoms with Crippen molar-refractivity contribution in [2.24, 2.45) is 5.41 Å². The zero-order chi connectivity index (χ0) is 16.0. The van der Waals surface area contributed by atoms with E-state index in [4.69, 9.17) is 4.74 Å². The Balaban J connectivity index is 1.78. The van der Waals surface area contributed by atoms with Crippen molar-refractivity contribution < 1.29 is 23.8 Å². The quantitative estimate of drug-likeness (QED) is 0.911. The minimum absolute atomic E-state index is 0.0456. The maximum absolute atomic E-state index is 14.9. The summed E-state index contributed by atoms with van der Waals surface area (Å²) in [7, 11) is 0. The number of aryl methyl sites for hydroxylation is 1. The lowest BCUT2D eigenvalue weighted by atomic mass is 9.74. The molecule has 0 aromatic heterocycles. The molecule has 5 nitrogen and oxygen atoms in total. The molecule has 0 bridgehead atoms. The lowest BCUT2D eigenvalue weighted by Gasteiger charge is -2.43. The number of carboxylic acid groups (broad SMARTS) is 1. The van der Waals surface area contributed by atoms with Gasteiger partial charge in [-0.2, -0.15) is 0 Å². The van der Waals surface area contributed by atoms with Gasteiger partial charge in [0.1, 0.15) is 0 Å². The number of ether oxygens (including phenoxy) is 1. The first-order valence-corrected chi connectivity index (χ1v) is 7.20. The zero-order valence-electron chi connectivity index (χ0n) is 12.3. The lowest BCUT2D eigenvalue weighted by molar-refractivity contribution is -0.192. The van der Waals surface area contributed by atoms with Crippen LogP contribution in [0.4, 0.5) is 4.39 Å². The normalized spacial score (nSPS) is 26.0. The molecule has 6 heteroatoms. The molecule has 2 heterocycles. The second-order valence-corrected chi connectivity index (χ2v) is 6.23. The summed E-state index contributed by atoms with van der Waals surface area (Å²) in [5, 5.41) is 9.24. The Hall–Kier alpha value is -1.95. The van der Waals surface area contributed by atoms with Crippen LogP contribution < -0.4 is 0 Å². The van der Waals surface area contributed by atoms with E-state index in [1.807, 2.05) is 31.2 Å². The number of rotatable bonds is 3. The third kappa shape index (κ3) is 2.09. The van der Waals surface area contributed by atoms with Gasteiger partial charge in [0.25, 0.3) is 0 Å². The fourth-order valence-electron chi connectivity index (χ4n) is 3.20. The first-order chi connectivity index (χ1) is 10.4. The van der Waals surface area contributed by atoms with Crippen molar-refractivity contribution in [2.75, 3.05) is 26.3 Å².